The van der Waals surface area contributed by atoms with Gasteiger partial charge in [-0.1, -0.05) is 66.2 Å². The Morgan fingerprint density at radius 1 is 1.00 bits per heavy atom. The molecule has 0 fully saturated rings. The molecule has 0 unspecified atom stereocenters. The second kappa shape index (κ2) is 14.5. The van der Waals surface area contributed by atoms with Crippen LogP contribution in [-0.2, 0) is 11.4 Å². The Labute approximate surface area is 209 Å². The molecule has 0 radical (unpaired) electrons. The molecule has 5 heteroatoms. The maximum atomic E-state index is 11.9. The zero-order chi connectivity index (χ0) is 26.4. The summed E-state index contributed by atoms with van der Waals surface area (Å²) in [5.41, 5.74) is 2.36. The molecule has 186 valence electrons. The number of fused-ring (bicyclic) bond motifs is 1. The molecule has 0 heterocycles. The predicted molar refractivity (Wildman–Crippen MR) is 146 cm³/mol. The number of aliphatic carboxylic acids is 1. The molecule has 0 aliphatic heterocycles. The van der Waals surface area contributed by atoms with Gasteiger partial charge in [-0.05, 0) is 64.6 Å². The number of Topliss-reactive ketones (excluding diaryl/α,β-unsaturated/α-hetero) is 1. The number of hydrogen-bond acceptors (Lipinski definition) is 4. The fourth-order valence-corrected chi connectivity index (χ4v) is 2.69. The largest absolute Gasteiger partial charge is 0.487 e. The van der Waals surface area contributed by atoms with E-state index in [9.17, 15) is 9.59 Å². The van der Waals surface area contributed by atoms with E-state index in [1.807, 2.05) is 67.6 Å². The number of carbonyl (C=O) groups excluding carboxylic acids is 1. The average molecular weight is 476 g/mol. The molecule has 0 spiro atoms. The standard InChI is InChI=1S/C20H18O2.C5H9N.C5H10O2/c1-14-7-9-16(10-8-14)13-22-20-18(15(2)21)12-11-17-5-3-4-6-19(17)20;1-3-4-5-6-2;1-5(2,3)4(6)7/h3-12H,13H2,1-2H3;3-5H,1-2H3;1-3H3,(H,6,7)/b;4-3-,6-5?;. The van der Waals surface area contributed by atoms with Crippen LogP contribution in [0.4, 0.5) is 0 Å². The number of carbonyl (C=O) groups is 2. The van der Waals surface area contributed by atoms with Gasteiger partial charge in [0.2, 0.25) is 0 Å². The summed E-state index contributed by atoms with van der Waals surface area (Å²) in [7, 11) is 1.75. The first-order valence-electron chi connectivity index (χ1n) is 11.5. The number of carboxylic acids is 1. The van der Waals surface area contributed by atoms with Crippen molar-refractivity contribution in [3.8, 4) is 5.75 Å². The van der Waals surface area contributed by atoms with Crippen molar-refractivity contribution in [2.24, 2.45) is 10.4 Å². The van der Waals surface area contributed by atoms with Crippen molar-refractivity contribution in [2.75, 3.05) is 7.05 Å². The van der Waals surface area contributed by atoms with Crippen LogP contribution in [0.5, 0.6) is 5.75 Å². The fourth-order valence-electron chi connectivity index (χ4n) is 2.69. The maximum absolute atomic E-state index is 11.9. The molecular weight excluding hydrogens is 438 g/mol. The van der Waals surface area contributed by atoms with Gasteiger partial charge in [-0.25, -0.2) is 0 Å². The first-order valence-corrected chi connectivity index (χ1v) is 11.5. The van der Waals surface area contributed by atoms with Crippen LogP contribution in [0.1, 0.15) is 56.1 Å². The molecule has 0 aromatic heterocycles. The molecule has 35 heavy (non-hydrogen) atoms. The lowest BCUT2D eigenvalue weighted by Gasteiger charge is -2.13. The van der Waals surface area contributed by atoms with Crippen LogP contribution >= 0.6 is 0 Å². The van der Waals surface area contributed by atoms with Crippen molar-refractivity contribution in [2.45, 2.75) is 48.1 Å². The number of ketones is 1. The SMILES string of the molecule is C/C=C\C=NC.CC(=O)c1ccc2ccccc2c1OCc1ccc(C)cc1.CC(C)(C)C(=O)O. The zero-order valence-electron chi connectivity index (χ0n) is 21.8. The van der Waals surface area contributed by atoms with E-state index >= 15 is 0 Å². The third kappa shape index (κ3) is 10.4. The Balaban J connectivity index is 0.000000391. The molecule has 0 saturated heterocycles. The minimum atomic E-state index is -0.757. The summed E-state index contributed by atoms with van der Waals surface area (Å²) in [6.45, 7) is 11.0. The minimum Gasteiger partial charge on any atom is -0.487 e. The Morgan fingerprint density at radius 3 is 2.09 bits per heavy atom. The lowest BCUT2D eigenvalue weighted by Crippen LogP contribution is -2.18. The van der Waals surface area contributed by atoms with E-state index in [0.29, 0.717) is 17.9 Å². The lowest BCUT2D eigenvalue weighted by molar-refractivity contribution is -0.145. The molecule has 0 atom stereocenters. The highest BCUT2D eigenvalue weighted by Crippen LogP contribution is 2.31. The monoisotopic (exact) mass is 475 g/mol. The number of carboxylic acid groups (broad SMARTS) is 1. The molecule has 5 nitrogen and oxygen atoms in total. The van der Waals surface area contributed by atoms with Crippen molar-refractivity contribution < 1.29 is 19.4 Å². The molecule has 3 aromatic rings. The van der Waals surface area contributed by atoms with Gasteiger partial charge in [0.25, 0.3) is 0 Å². The molecule has 0 saturated carbocycles. The molecule has 3 aromatic carbocycles. The second-order valence-corrected chi connectivity index (χ2v) is 8.98. The van der Waals surface area contributed by atoms with E-state index in [0.717, 1.165) is 16.3 Å². The highest BCUT2D eigenvalue weighted by Gasteiger charge is 2.18. The van der Waals surface area contributed by atoms with Gasteiger partial charge in [0.1, 0.15) is 12.4 Å². The molecule has 0 aliphatic rings. The molecule has 0 bridgehead atoms. The van der Waals surface area contributed by atoms with E-state index in [2.05, 4.69) is 24.0 Å². The Morgan fingerprint density at radius 2 is 1.60 bits per heavy atom. The van der Waals surface area contributed by atoms with Crippen LogP contribution in [-0.4, -0.2) is 30.1 Å². The van der Waals surface area contributed by atoms with Crippen molar-refractivity contribution in [3.63, 3.8) is 0 Å². The third-order valence-corrected chi connectivity index (χ3v) is 4.83. The number of benzene rings is 3. The van der Waals surface area contributed by atoms with Crippen LogP contribution in [0.3, 0.4) is 0 Å². The van der Waals surface area contributed by atoms with E-state index in [1.54, 1.807) is 41.0 Å². The summed E-state index contributed by atoms with van der Waals surface area (Å²) in [5.74, 6) is -0.0664. The summed E-state index contributed by atoms with van der Waals surface area (Å²) < 4.78 is 6.02. The minimum absolute atomic E-state index is 0.0182. The van der Waals surface area contributed by atoms with Gasteiger partial charge in [0.15, 0.2) is 5.78 Å². The van der Waals surface area contributed by atoms with Gasteiger partial charge < -0.3 is 9.84 Å². The van der Waals surface area contributed by atoms with E-state index in [-0.39, 0.29) is 5.78 Å². The van der Waals surface area contributed by atoms with Crippen LogP contribution in [0.25, 0.3) is 10.8 Å². The van der Waals surface area contributed by atoms with Gasteiger partial charge in [-0.3, -0.25) is 14.6 Å². The van der Waals surface area contributed by atoms with Crippen LogP contribution in [0.2, 0.25) is 0 Å². The average Bonchev–Trinajstić information content (AvgIpc) is 2.82. The van der Waals surface area contributed by atoms with Crippen molar-refractivity contribution in [1.82, 2.24) is 0 Å². The molecule has 1 N–H and O–H groups in total. The van der Waals surface area contributed by atoms with E-state index in [1.165, 1.54) is 5.56 Å². The number of hydrogen-bond donors (Lipinski definition) is 1. The second-order valence-electron chi connectivity index (χ2n) is 8.98. The van der Waals surface area contributed by atoms with Crippen LogP contribution in [0, 0.1) is 12.3 Å². The summed E-state index contributed by atoms with van der Waals surface area (Å²) in [6.07, 6.45) is 5.58. The topological polar surface area (TPSA) is 76.0 Å². The molecule has 0 amide bonds. The first kappa shape index (κ1) is 29.3. The summed E-state index contributed by atoms with van der Waals surface area (Å²) in [5, 5.41) is 10.3. The highest BCUT2D eigenvalue weighted by atomic mass is 16.5. The Bertz CT molecular complexity index is 1140. The number of ether oxygens (including phenoxy) is 1. The van der Waals surface area contributed by atoms with Crippen LogP contribution < -0.4 is 4.74 Å². The van der Waals surface area contributed by atoms with E-state index < -0.39 is 11.4 Å². The number of nitrogens with zero attached hydrogens (tertiary/aromatic N) is 1. The van der Waals surface area contributed by atoms with Gasteiger partial charge in [0, 0.05) is 18.6 Å². The lowest BCUT2D eigenvalue weighted by atomic mass is 9.98. The Kier molecular flexibility index (Phi) is 12.2. The van der Waals surface area contributed by atoms with Crippen molar-refractivity contribution in [1.29, 1.82) is 0 Å². The smallest absolute Gasteiger partial charge is 0.308 e. The number of allylic oxidation sites excluding steroid dienone is 2. The van der Waals surface area contributed by atoms with Gasteiger partial charge in [-0.15, -0.1) is 0 Å². The van der Waals surface area contributed by atoms with Crippen molar-refractivity contribution >= 4 is 28.7 Å². The van der Waals surface area contributed by atoms with Gasteiger partial charge in [0.05, 0.1) is 11.0 Å². The number of aliphatic imine (C=N–C) groups is 1. The molecular formula is C30H37NO4. The predicted octanol–water partition coefficient (Wildman–Crippen LogP) is 7.31. The van der Waals surface area contributed by atoms with Crippen molar-refractivity contribution in [3.05, 3.63) is 89.5 Å². The summed E-state index contributed by atoms with van der Waals surface area (Å²) in [6, 6.07) is 20.0. The Hall–Kier alpha value is -3.73. The summed E-state index contributed by atoms with van der Waals surface area (Å²) in [4.78, 5) is 25.6. The van der Waals surface area contributed by atoms with E-state index in [4.69, 9.17) is 9.84 Å². The molecule has 0 aliphatic carbocycles. The third-order valence-electron chi connectivity index (χ3n) is 4.83. The normalized spacial score (nSPS) is 10.9. The quantitative estimate of drug-likeness (QED) is 0.310. The number of rotatable bonds is 5. The first-order chi connectivity index (χ1) is 16.5. The maximum Gasteiger partial charge on any atom is 0.308 e. The molecule has 3 rings (SSSR count). The number of aryl methyl sites for hydroxylation is 1. The summed E-state index contributed by atoms with van der Waals surface area (Å²) >= 11 is 0. The fraction of sp³-hybridized carbons (Fsp3) is 0.300. The highest BCUT2D eigenvalue weighted by molar-refractivity contribution is 6.03. The van der Waals surface area contributed by atoms with Gasteiger partial charge in [-0.2, -0.15) is 0 Å². The van der Waals surface area contributed by atoms with Crippen LogP contribution in [0.15, 0.2) is 77.8 Å². The zero-order valence-corrected chi connectivity index (χ0v) is 21.8. The van der Waals surface area contributed by atoms with Gasteiger partial charge >= 0.3 is 5.97 Å².